The molecule has 0 spiro atoms. The van der Waals surface area contributed by atoms with Crippen LogP contribution in [0.4, 0.5) is 0 Å². The lowest BCUT2D eigenvalue weighted by molar-refractivity contribution is 0.0954. The third-order valence-electron chi connectivity index (χ3n) is 4.13. The summed E-state index contributed by atoms with van der Waals surface area (Å²) in [6.45, 7) is 1.29. The number of carbonyl (C=O) groups is 1. The van der Waals surface area contributed by atoms with Crippen molar-refractivity contribution in [3.05, 3.63) is 62.6 Å². The summed E-state index contributed by atoms with van der Waals surface area (Å²) in [5.74, 6) is 0.664. The second kappa shape index (κ2) is 8.02. The van der Waals surface area contributed by atoms with Gasteiger partial charge < -0.3 is 10.1 Å². The van der Waals surface area contributed by atoms with Gasteiger partial charge in [-0.25, -0.2) is 0 Å². The third kappa shape index (κ3) is 4.22. The maximum Gasteiger partial charge on any atom is 0.252 e. The molecule has 3 rings (SSSR count). The molecule has 4 nitrogen and oxygen atoms in total. The van der Waals surface area contributed by atoms with Crippen LogP contribution in [-0.4, -0.2) is 31.8 Å². The Hall–Kier alpha value is -1.85. The molecule has 0 aromatic heterocycles. The molecule has 0 fully saturated rings. The van der Waals surface area contributed by atoms with Crippen LogP contribution in [0, 0.1) is 0 Å². The van der Waals surface area contributed by atoms with E-state index in [1.807, 2.05) is 12.1 Å². The molecule has 130 valence electrons. The molecule has 0 atom stereocenters. The Morgan fingerprint density at radius 2 is 2.16 bits per heavy atom. The highest BCUT2D eigenvalue weighted by Gasteiger charge is 2.16. The lowest BCUT2D eigenvalue weighted by Crippen LogP contribution is -2.27. The van der Waals surface area contributed by atoms with Gasteiger partial charge in [-0.3, -0.25) is 9.79 Å². The molecule has 1 aliphatic rings. The van der Waals surface area contributed by atoms with Gasteiger partial charge in [-0.1, -0.05) is 17.7 Å². The summed E-state index contributed by atoms with van der Waals surface area (Å²) in [5.41, 5.74) is 3.92. The quantitative estimate of drug-likeness (QED) is 0.783. The molecule has 0 saturated heterocycles. The maximum absolute atomic E-state index is 12.3. The smallest absolute Gasteiger partial charge is 0.252 e. The van der Waals surface area contributed by atoms with Crippen molar-refractivity contribution in [3.63, 3.8) is 0 Å². The monoisotopic (exact) mass is 420 g/mol. The minimum absolute atomic E-state index is 0.156. The summed E-state index contributed by atoms with van der Waals surface area (Å²) >= 11 is 9.35. The van der Waals surface area contributed by atoms with Gasteiger partial charge in [0, 0.05) is 40.3 Å². The Kier molecular flexibility index (Phi) is 5.76. The highest BCUT2D eigenvalue weighted by Crippen LogP contribution is 2.23. The van der Waals surface area contributed by atoms with Gasteiger partial charge in [0.2, 0.25) is 0 Å². The van der Waals surface area contributed by atoms with E-state index in [2.05, 4.69) is 32.3 Å². The van der Waals surface area contributed by atoms with Gasteiger partial charge in [0.1, 0.15) is 5.75 Å². The van der Waals surface area contributed by atoms with E-state index in [-0.39, 0.29) is 5.91 Å². The number of aliphatic imine (C=N–C) groups is 1. The highest BCUT2D eigenvalue weighted by molar-refractivity contribution is 9.10. The fourth-order valence-electron chi connectivity index (χ4n) is 2.84. The number of carbonyl (C=O) groups excluding carboxylic acids is 1. The molecule has 1 N–H and O–H groups in total. The summed E-state index contributed by atoms with van der Waals surface area (Å²) in [4.78, 5) is 17.0. The number of halogens is 2. The Labute approximate surface area is 160 Å². The normalized spacial score (nSPS) is 13.0. The van der Waals surface area contributed by atoms with Crippen molar-refractivity contribution < 1.29 is 9.53 Å². The van der Waals surface area contributed by atoms with E-state index < -0.39 is 0 Å². The number of methoxy groups -OCH3 is 1. The number of nitrogens with one attached hydrogen (secondary N) is 1. The SMILES string of the molecule is COc1ccc2c(c1)C(CCNC(=O)c1cc(Cl)ccc1Br)=NCC2. The summed E-state index contributed by atoms with van der Waals surface area (Å²) < 4.78 is 6.03. The van der Waals surface area contributed by atoms with Crippen molar-refractivity contribution in [1.29, 1.82) is 0 Å². The first-order chi connectivity index (χ1) is 12.1. The molecule has 0 aliphatic carbocycles. The zero-order valence-electron chi connectivity index (χ0n) is 13.8. The molecular formula is C19H18BrClN2O2. The zero-order chi connectivity index (χ0) is 17.8. The molecule has 0 saturated carbocycles. The number of fused-ring (bicyclic) bond motifs is 1. The van der Waals surface area contributed by atoms with Gasteiger partial charge in [0.15, 0.2) is 0 Å². The van der Waals surface area contributed by atoms with E-state index in [0.717, 1.165) is 34.5 Å². The molecule has 25 heavy (non-hydrogen) atoms. The van der Waals surface area contributed by atoms with Crippen LogP contribution in [0.15, 0.2) is 45.9 Å². The van der Waals surface area contributed by atoms with Crippen LogP contribution in [0.3, 0.4) is 0 Å². The lowest BCUT2D eigenvalue weighted by Gasteiger charge is -2.18. The van der Waals surface area contributed by atoms with Crippen molar-refractivity contribution in [2.24, 2.45) is 4.99 Å². The van der Waals surface area contributed by atoms with Gasteiger partial charge in [-0.2, -0.15) is 0 Å². The van der Waals surface area contributed by atoms with E-state index >= 15 is 0 Å². The van der Waals surface area contributed by atoms with Crippen LogP contribution in [0.1, 0.15) is 27.9 Å². The molecule has 1 aliphatic heterocycles. The van der Waals surface area contributed by atoms with Crippen LogP contribution in [-0.2, 0) is 6.42 Å². The van der Waals surface area contributed by atoms with Gasteiger partial charge in [0.25, 0.3) is 5.91 Å². The molecule has 2 aromatic rings. The number of nitrogens with zero attached hydrogens (tertiary/aromatic N) is 1. The van der Waals surface area contributed by atoms with Gasteiger partial charge in [-0.05, 0) is 58.2 Å². The molecule has 2 aromatic carbocycles. The molecular weight excluding hydrogens is 404 g/mol. The number of ether oxygens (including phenoxy) is 1. The number of rotatable bonds is 5. The number of amides is 1. The first-order valence-electron chi connectivity index (χ1n) is 8.02. The second-order valence-corrected chi connectivity index (χ2v) is 7.02. The first-order valence-corrected chi connectivity index (χ1v) is 9.19. The molecule has 0 unspecified atom stereocenters. The Morgan fingerprint density at radius 1 is 1.32 bits per heavy atom. The van der Waals surface area contributed by atoms with Crippen molar-refractivity contribution in [1.82, 2.24) is 5.32 Å². The summed E-state index contributed by atoms with van der Waals surface area (Å²) in [6.07, 6.45) is 1.61. The van der Waals surface area contributed by atoms with Crippen molar-refractivity contribution in [3.8, 4) is 5.75 Å². The van der Waals surface area contributed by atoms with E-state index in [1.165, 1.54) is 5.56 Å². The van der Waals surface area contributed by atoms with E-state index in [1.54, 1.807) is 25.3 Å². The molecule has 1 amide bonds. The summed E-state index contributed by atoms with van der Waals surface area (Å²) in [7, 11) is 1.66. The Morgan fingerprint density at radius 3 is 2.96 bits per heavy atom. The van der Waals surface area contributed by atoms with Gasteiger partial charge in [-0.15, -0.1) is 0 Å². The number of benzene rings is 2. The standard InChI is InChI=1S/C19H18BrClN2O2/c1-25-14-4-2-12-6-8-22-18(15(12)11-14)7-9-23-19(24)16-10-13(21)3-5-17(16)20/h2-5,10-11H,6-9H2,1H3,(H,23,24). The van der Waals surface area contributed by atoms with E-state index in [9.17, 15) is 4.79 Å². The highest BCUT2D eigenvalue weighted by atomic mass is 79.9. The van der Waals surface area contributed by atoms with Crippen LogP contribution in [0.25, 0.3) is 0 Å². The third-order valence-corrected chi connectivity index (χ3v) is 5.06. The fraction of sp³-hybridized carbons (Fsp3) is 0.263. The fourth-order valence-corrected chi connectivity index (χ4v) is 3.44. The lowest BCUT2D eigenvalue weighted by atomic mass is 9.95. The predicted octanol–water partition coefficient (Wildman–Crippen LogP) is 4.28. The first kappa shape index (κ1) is 18.0. The molecule has 1 heterocycles. The van der Waals surface area contributed by atoms with E-state index in [4.69, 9.17) is 16.3 Å². The number of hydrogen-bond donors (Lipinski definition) is 1. The van der Waals surface area contributed by atoms with Gasteiger partial charge in [0.05, 0.1) is 12.7 Å². The summed E-state index contributed by atoms with van der Waals surface area (Å²) in [5, 5.41) is 3.47. The Bertz CT molecular complexity index is 836. The van der Waals surface area contributed by atoms with Crippen LogP contribution < -0.4 is 10.1 Å². The maximum atomic E-state index is 12.3. The minimum atomic E-state index is -0.156. The number of hydrogen-bond acceptors (Lipinski definition) is 3. The molecule has 0 bridgehead atoms. The van der Waals surface area contributed by atoms with Crippen molar-refractivity contribution in [2.45, 2.75) is 12.8 Å². The van der Waals surface area contributed by atoms with Crippen LogP contribution in [0.5, 0.6) is 5.75 Å². The minimum Gasteiger partial charge on any atom is -0.497 e. The average molecular weight is 422 g/mol. The van der Waals surface area contributed by atoms with Gasteiger partial charge >= 0.3 is 0 Å². The predicted molar refractivity (Wildman–Crippen MR) is 104 cm³/mol. The Balaban J connectivity index is 1.66. The average Bonchev–Trinajstić information content (AvgIpc) is 2.63. The largest absolute Gasteiger partial charge is 0.497 e. The second-order valence-electron chi connectivity index (χ2n) is 5.73. The molecule has 6 heteroatoms. The van der Waals surface area contributed by atoms with Crippen molar-refractivity contribution >= 4 is 39.1 Å². The topological polar surface area (TPSA) is 50.7 Å². The van der Waals surface area contributed by atoms with Crippen molar-refractivity contribution in [2.75, 3.05) is 20.2 Å². The van der Waals surface area contributed by atoms with Crippen LogP contribution >= 0.6 is 27.5 Å². The van der Waals surface area contributed by atoms with E-state index in [0.29, 0.717) is 23.6 Å². The summed E-state index contributed by atoms with van der Waals surface area (Å²) in [6, 6.07) is 11.2. The zero-order valence-corrected chi connectivity index (χ0v) is 16.2. The van der Waals surface area contributed by atoms with Crippen LogP contribution in [0.2, 0.25) is 5.02 Å². The molecule has 0 radical (unpaired) electrons.